The first-order valence-corrected chi connectivity index (χ1v) is 16.4. The van der Waals surface area contributed by atoms with Gasteiger partial charge in [-0.3, -0.25) is 0 Å². The van der Waals surface area contributed by atoms with E-state index in [-0.39, 0.29) is 0 Å². The van der Waals surface area contributed by atoms with Crippen molar-refractivity contribution < 1.29 is 119 Å². The minimum atomic E-state index is -2.02. The normalized spacial score (nSPS) is 53.5. The van der Waals surface area contributed by atoms with Gasteiger partial charge in [-0.1, -0.05) is 0 Å². The van der Waals surface area contributed by atoms with Crippen molar-refractivity contribution in [2.45, 2.75) is 141 Å². The van der Waals surface area contributed by atoms with Gasteiger partial charge in [0, 0.05) is 0 Å². The minimum Gasteiger partial charge on any atom is -0.394 e. The van der Waals surface area contributed by atoms with E-state index in [4.69, 9.17) is 42.6 Å². The van der Waals surface area contributed by atoms with Gasteiger partial charge in [0.2, 0.25) is 0 Å². The van der Waals surface area contributed by atoms with Crippen molar-refractivity contribution in [3.05, 3.63) is 0 Å². The fourth-order valence-corrected chi connectivity index (χ4v) is 6.24. The lowest BCUT2D eigenvalue weighted by Crippen LogP contribution is -2.65. The molecule has 0 aliphatic carbocycles. The summed E-state index contributed by atoms with van der Waals surface area (Å²) in [6, 6.07) is 0. The van der Waals surface area contributed by atoms with Gasteiger partial charge in [-0.05, 0) is 0 Å². The van der Waals surface area contributed by atoms with Crippen LogP contribution in [0.1, 0.15) is 0 Å². The zero-order valence-corrected chi connectivity index (χ0v) is 27.2. The SMILES string of the molecule is OC[C@H]1O[C@@H](O[C@H]2[C@@H](OC[C@H]3O[C@@H](O[C@H]4[C@H](O)[C@@H](O)[C@H](O)O[C@@H]4CO[C@H]4OC[C@@H](O)[C@H](O)[C@H]4O)[C@H](O)[C@@H](O)[C@@H]3O)OC[C@@H](O)[C@@H]2O)[C@H](O)[C@@H](O)[C@H]1O. The molecule has 0 aromatic carbocycles. The molecule has 5 rings (SSSR count). The van der Waals surface area contributed by atoms with E-state index in [1.807, 2.05) is 0 Å². The lowest BCUT2D eigenvalue weighted by Gasteiger charge is -2.46. The molecule has 52 heavy (non-hydrogen) atoms. The summed E-state index contributed by atoms with van der Waals surface area (Å²) >= 11 is 0. The molecular weight excluding hydrogens is 720 g/mol. The van der Waals surface area contributed by atoms with Crippen molar-refractivity contribution in [2.24, 2.45) is 0 Å². The highest BCUT2D eigenvalue weighted by Gasteiger charge is 2.53. The Labute approximate surface area is 293 Å². The van der Waals surface area contributed by atoms with E-state index in [0.29, 0.717) is 0 Å². The van der Waals surface area contributed by atoms with E-state index in [1.165, 1.54) is 0 Å². The number of hydrogen-bond donors (Lipinski definition) is 15. The Morgan fingerprint density at radius 2 is 0.885 bits per heavy atom. The van der Waals surface area contributed by atoms with Gasteiger partial charge in [-0.25, -0.2) is 0 Å². The van der Waals surface area contributed by atoms with Gasteiger partial charge in [0.15, 0.2) is 31.5 Å². The van der Waals surface area contributed by atoms with Crippen LogP contribution < -0.4 is 0 Å². The minimum absolute atomic E-state index is 0.420. The zero-order chi connectivity index (χ0) is 38.2. The molecule has 5 aliphatic heterocycles. The highest BCUT2D eigenvalue weighted by atomic mass is 16.8. The Morgan fingerprint density at radius 3 is 1.50 bits per heavy atom. The number of rotatable bonds is 11. The molecule has 0 aromatic heterocycles. The Kier molecular flexibility index (Phi) is 14.5. The summed E-state index contributed by atoms with van der Waals surface area (Å²) in [5.41, 5.74) is 0. The van der Waals surface area contributed by atoms with Crippen LogP contribution in [0.15, 0.2) is 0 Å². The van der Waals surface area contributed by atoms with E-state index in [0.717, 1.165) is 0 Å². The molecule has 5 fully saturated rings. The average molecular weight is 769 g/mol. The summed E-state index contributed by atoms with van der Waals surface area (Å²) < 4.78 is 49.1. The Morgan fingerprint density at radius 1 is 0.404 bits per heavy atom. The molecule has 0 amide bonds. The second kappa shape index (κ2) is 17.9. The zero-order valence-electron chi connectivity index (χ0n) is 27.2. The third-order valence-corrected chi connectivity index (χ3v) is 9.49. The maximum atomic E-state index is 10.8. The maximum Gasteiger partial charge on any atom is 0.187 e. The van der Waals surface area contributed by atoms with Crippen LogP contribution in [0.4, 0.5) is 0 Å². The van der Waals surface area contributed by atoms with Gasteiger partial charge in [-0.2, -0.15) is 0 Å². The standard InChI is InChI=1S/C28H48O24/c29-1-8-13(34)15(36)20(41)26(49-8)52-23-12(33)7(31)3-45-28(23)47-4-9-14(35)16(37)21(42)27(50-9)51-22-10(48-24(43)18(39)17(22)38)5-46-25-19(40)11(32)6(30)2-44-25/h6-43H,1-5H2/t6-,7-,8-,9-,10-,11+,12+,13+,14-,15+,16+,17-,18-,19-,20-,21-,22-,23-,24-,25-,26+,27+,28-/m1/s1. The second-order valence-electron chi connectivity index (χ2n) is 13.1. The molecule has 24 nitrogen and oxygen atoms in total. The Bertz CT molecular complexity index is 1110. The predicted octanol–water partition coefficient (Wildman–Crippen LogP) is -10.6. The number of hydrogen-bond acceptors (Lipinski definition) is 24. The Balaban J connectivity index is 1.25. The van der Waals surface area contributed by atoms with Gasteiger partial charge in [0.05, 0.1) is 33.0 Å². The van der Waals surface area contributed by atoms with Crippen LogP contribution in [0, 0.1) is 0 Å². The van der Waals surface area contributed by atoms with E-state index >= 15 is 0 Å². The molecule has 0 radical (unpaired) electrons. The lowest BCUT2D eigenvalue weighted by molar-refractivity contribution is -0.372. The molecule has 15 N–H and O–H groups in total. The summed E-state index contributed by atoms with van der Waals surface area (Å²) in [5, 5.41) is 154. The molecular formula is C28H48O24. The van der Waals surface area contributed by atoms with Crippen LogP contribution in [-0.4, -0.2) is 251 Å². The van der Waals surface area contributed by atoms with Crippen LogP contribution in [0.2, 0.25) is 0 Å². The van der Waals surface area contributed by atoms with Crippen molar-refractivity contribution in [3.8, 4) is 0 Å². The van der Waals surface area contributed by atoms with Crippen LogP contribution >= 0.6 is 0 Å². The van der Waals surface area contributed by atoms with Crippen LogP contribution in [0.5, 0.6) is 0 Å². The highest BCUT2D eigenvalue weighted by molar-refractivity contribution is 4.95. The summed E-state index contributed by atoms with van der Waals surface area (Å²) in [5.74, 6) is 0. The molecule has 0 saturated carbocycles. The monoisotopic (exact) mass is 768 g/mol. The topological polar surface area (TPSA) is 387 Å². The van der Waals surface area contributed by atoms with E-state index in [9.17, 15) is 76.6 Å². The van der Waals surface area contributed by atoms with Gasteiger partial charge in [0.1, 0.15) is 110 Å². The Hall–Kier alpha value is -0.960. The average Bonchev–Trinajstić information content (AvgIpc) is 3.12. The van der Waals surface area contributed by atoms with E-state index in [1.54, 1.807) is 0 Å². The summed E-state index contributed by atoms with van der Waals surface area (Å²) in [6.45, 7) is -3.11. The van der Waals surface area contributed by atoms with E-state index in [2.05, 4.69) is 0 Å². The molecule has 24 heteroatoms. The van der Waals surface area contributed by atoms with Crippen LogP contribution in [0.25, 0.3) is 0 Å². The molecule has 5 heterocycles. The largest absolute Gasteiger partial charge is 0.394 e. The number of aliphatic hydroxyl groups is 15. The molecule has 304 valence electrons. The number of aliphatic hydroxyl groups excluding tert-OH is 15. The van der Waals surface area contributed by atoms with Gasteiger partial charge in [-0.15, -0.1) is 0 Å². The first kappa shape index (κ1) is 42.2. The predicted molar refractivity (Wildman–Crippen MR) is 155 cm³/mol. The van der Waals surface area contributed by atoms with Gasteiger partial charge >= 0.3 is 0 Å². The molecule has 0 aromatic rings. The molecule has 5 aliphatic rings. The lowest BCUT2D eigenvalue weighted by atomic mass is 9.97. The quantitative estimate of drug-likeness (QED) is 0.0927. The van der Waals surface area contributed by atoms with E-state index < -0.39 is 174 Å². The molecule has 0 unspecified atom stereocenters. The number of ether oxygens (including phenoxy) is 9. The van der Waals surface area contributed by atoms with Crippen molar-refractivity contribution in [1.29, 1.82) is 0 Å². The highest BCUT2D eigenvalue weighted by Crippen LogP contribution is 2.32. The third kappa shape index (κ3) is 8.86. The molecule has 0 spiro atoms. The second-order valence-corrected chi connectivity index (χ2v) is 13.1. The fraction of sp³-hybridized carbons (Fsp3) is 1.00. The summed E-state index contributed by atoms with van der Waals surface area (Å²) in [4.78, 5) is 0. The smallest absolute Gasteiger partial charge is 0.187 e. The molecule has 23 atom stereocenters. The van der Waals surface area contributed by atoms with Crippen molar-refractivity contribution >= 4 is 0 Å². The van der Waals surface area contributed by atoms with Crippen LogP contribution in [-0.2, 0) is 42.6 Å². The first-order valence-electron chi connectivity index (χ1n) is 16.4. The van der Waals surface area contributed by atoms with Crippen LogP contribution in [0.3, 0.4) is 0 Å². The summed E-state index contributed by atoms with van der Waals surface area (Å²) in [7, 11) is 0. The molecule has 5 saturated heterocycles. The fourth-order valence-electron chi connectivity index (χ4n) is 6.24. The first-order chi connectivity index (χ1) is 24.5. The third-order valence-electron chi connectivity index (χ3n) is 9.49. The van der Waals surface area contributed by atoms with Gasteiger partial charge < -0.3 is 119 Å². The van der Waals surface area contributed by atoms with Crippen molar-refractivity contribution in [1.82, 2.24) is 0 Å². The van der Waals surface area contributed by atoms with Crippen molar-refractivity contribution in [2.75, 3.05) is 33.0 Å². The molecule has 0 bridgehead atoms. The summed E-state index contributed by atoms with van der Waals surface area (Å²) in [6.07, 6.45) is -40.2. The maximum absolute atomic E-state index is 10.8. The van der Waals surface area contributed by atoms with Gasteiger partial charge in [0.25, 0.3) is 0 Å². The van der Waals surface area contributed by atoms with Crippen molar-refractivity contribution in [3.63, 3.8) is 0 Å².